The van der Waals surface area contributed by atoms with Gasteiger partial charge in [0.05, 0.1) is 18.6 Å². The van der Waals surface area contributed by atoms with Crippen molar-refractivity contribution < 1.29 is 69.5 Å². The standard InChI is InChI=1S/C73H92N18O14/c1-4-77-71(104)61-16-10-28-91(61)72(105)53(15-9-27-78-73(74)75)83-64(97)54(29-40(2)3)84-67(100)57(32-43-35-79-50-13-7-5-11-48(43)50)87-66(99)55(30-41-17-21-46(93)22-18-41)85-65(98)56(31-42-19-23-47(94)24-20-42)86-70(103)60(38-92)90-68(101)58(33-44-36-80-51-14-8-6-12-49(44)51)88-69(102)59(34-45-37-76-39-81-45)89-63(96)52-25-26-62(95)82-52/h5-8,11-14,17-24,35-37,39-40,52-61,79-80,92-94H,4,9-10,15-16,25-34,38H2,1-3H3,(H,76,81)(H,77,104)(H,82,95)(H,83,97)(H,84,100)(H,85,98)(H,86,103)(H,87,99)(H,88,102)(H,89,96)(H,90,101)(H4,74,75,78)/t52-,53-,54-,55-,56-,57-,58-,59-,60-,61-/m0/s1/i/hD. The molecule has 32 heteroatoms. The average molecular weight is 1450 g/mol. The number of aromatic amines is 3. The summed E-state index contributed by atoms with van der Waals surface area (Å²) in [5.41, 5.74) is 8.91. The highest BCUT2D eigenvalue weighted by Gasteiger charge is 2.41. The monoisotopic (exact) mass is 1450 g/mol. The van der Waals surface area contributed by atoms with Gasteiger partial charge in [-0.2, -0.15) is 0 Å². The molecule has 0 saturated carbocycles. The summed E-state index contributed by atoms with van der Waals surface area (Å²) in [6.07, 6.45) is 6.01. The van der Waals surface area contributed by atoms with Gasteiger partial charge >= 0.3 is 0 Å². The second-order valence-corrected chi connectivity index (χ2v) is 26.6. The molecule has 7 aromatic rings. The number of H-pyrrole nitrogens is 3. The van der Waals surface area contributed by atoms with Crippen LogP contribution in [0.3, 0.4) is 0 Å². The molecule has 11 amide bonds. The van der Waals surface area contributed by atoms with Gasteiger partial charge in [-0.15, -0.1) is 0 Å². The van der Waals surface area contributed by atoms with E-state index in [0.29, 0.717) is 74.4 Å². The SMILES string of the molecule is [2H]N(C(=O)[C@H](Cc1ccc(O)cc1)NC(=O)[C@H](CO)NC(=O)[C@H](Cc1c[nH]c2ccccc12)NC(=O)[C@H](Cc1c[nH]cn1)NC(=O)[C@@H]1CCC(=O)N1)[C@@H](Cc1ccc(O)cc1)C(=O)N[C@@H](Cc1c[nH]c2ccccc12)C(=O)N[C@@H](CC(C)C)C(=O)N[C@@H](CCCNC(=N)N)C(=O)N1CCC[C@H]1C(=O)NCC. The van der Waals surface area contributed by atoms with Crippen molar-refractivity contribution in [1.82, 2.24) is 83.3 Å². The van der Waals surface area contributed by atoms with Crippen molar-refractivity contribution in [2.75, 3.05) is 26.2 Å². The number of aromatic hydroxyl groups is 2. The number of amides is 11. The molecule has 10 atom stereocenters. The van der Waals surface area contributed by atoms with Crippen LogP contribution in [0.5, 0.6) is 11.5 Å². The van der Waals surface area contributed by atoms with Crippen molar-refractivity contribution in [3.05, 3.63) is 150 Å². The fraction of sp³-hybridized carbons (Fsp3) is 0.411. The first-order valence-electron chi connectivity index (χ1n) is 35.5. The van der Waals surface area contributed by atoms with Gasteiger partial charge in [0.1, 0.15) is 71.9 Å². The smallest absolute Gasteiger partial charge is 0.245 e. The van der Waals surface area contributed by atoms with E-state index < -0.39 is 133 Å². The Bertz CT molecular complexity index is 4260. The number of hydrogen-bond acceptors (Lipinski definition) is 16. The molecule has 9 rings (SSSR count). The summed E-state index contributed by atoms with van der Waals surface area (Å²) in [6.45, 7) is 4.97. The van der Waals surface area contributed by atoms with Crippen molar-refractivity contribution in [3.8, 4) is 11.5 Å². The predicted octanol–water partition coefficient (Wildman–Crippen LogP) is -0.117. The Morgan fingerprint density at radius 3 is 1.64 bits per heavy atom. The highest BCUT2D eigenvalue weighted by atomic mass is 16.3. The van der Waals surface area contributed by atoms with Crippen molar-refractivity contribution in [3.63, 3.8) is 0 Å². The lowest BCUT2D eigenvalue weighted by Crippen LogP contribution is -2.62. The van der Waals surface area contributed by atoms with Crippen LogP contribution in [0, 0.1) is 11.3 Å². The zero-order valence-electron chi connectivity index (χ0n) is 59.5. The summed E-state index contributed by atoms with van der Waals surface area (Å²) in [5.74, 6) is -9.89. The number of likely N-dealkylation sites (N-methyl/N-ethyl adjacent to an activating group) is 1. The molecule has 0 spiro atoms. The van der Waals surface area contributed by atoms with E-state index >= 15 is 14.4 Å². The number of phenols is 2. The normalized spacial score (nSPS) is 16.6. The Labute approximate surface area is 606 Å². The second-order valence-electron chi connectivity index (χ2n) is 26.6. The lowest BCUT2D eigenvalue weighted by atomic mass is 9.99. The first-order valence-corrected chi connectivity index (χ1v) is 35.0. The molecule has 4 aromatic carbocycles. The largest absolute Gasteiger partial charge is 0.508 e. The van der Waals surface area contributed by atoms with Gasteiger partial charge in [-0.3, -0.25) is 58.1 Å². The minimum Gasteiger partial charge on any atom is -0.508 e. The van der Waals surface area contributed by atoms with Crippen LogP contribution >= 0.6 is 0 Å². The van der Waals surface area contributed by atoms with Crippen molar-refractivity contribution in [2.24, 2.45) is 11.7 Å². The maximum atomic E-state index is 15.5. The first-order chi connectivity index (χ1) is 50.9. The molecule has 2 fully saturated rings. The highest BCUT2D eigenvalue weighted by Crippen LogP contribution is 2.24. The number of para-hydroxylation sites is 2. The maximum absolute atomic E-state index is 15.5. The maximum Gasteiger partial charge on any atom is 0.245 e. The Kier molecular flexibility index (Phi) is 26.6. The van der Waals surface area contributed by atoms with Crippen molar-refractivity contribution in [2.45, 2.75) is 158 Å². The van der Waals surface area contributed by atoms with E-state index in [0.717, 1.165) is 0 Å². The Hall–Kier alpha value is -11.8. The van der Waals surface area contributed by atoms with E-state index in [2.05, 4.69) is 73.1 Å². The Morgan fingerprint density at radius 2 is 1.11 bits per heavy atom. The molecule has 3 aromatic heterocycles. The molecular weight excluding hydrogens is 1350 g/mol. The first kappa shape index (κ1) is 75.8. The third kappa shape index (κ3) is 21.6. The fourth-order valence-electron chi connectivity index (χ4n) is 12.8. The molecule has 0 bridgehead atoms. The molecule has 0 unspecified atom stereocenters. The van der Waals surface area contributed by atoms with Crippen LogP contribution in [0.15, 0.2) is 122 Å². The van der Waals surface area contributed by atoms with Crippen molar-refractivity contribution in [1.29, 1.82) is 5.41 Å². The van der Waals surface area contributed by atoms with Gasteiger partial charge in [-0.25, -0.2) is 4.98 Å². The summed E-state index contributed by atoms with van der Waals surface area (Å²) in [4.78, 5) is 173. The number of guanidine groups is 1. The third-order valence-electron chi connectivity index (χ3n) is 18.3. The molecule has 2 aliphatic rings. The molecule has 2 aliphatic heterocycles. The number of phenolic OH excluding ortho intramolecular Hbond substituents is 2. The number of likely N-dealkylation sites (tertiary alicyclic amines) is 1. The second kappa shape index (κ2) is 36.9. The fourth-order valence-corrected chi connectivity index (χ4v) is 12.8. The van der Waals surface area contributed by atoms with E-state index in [1.807, 2.05) is 0 Å². The number of aliphatic hydroxyl groups is 1. The number of imidazole rings is 1. The summed E-state index contributed by atoms with van der Waals surface area (Å²) in [7, 11) is 0. The number of benzene rings is 4. The molecule has 20 N–H and O–H groups in total. The number of nitrogens with zero attached hydrogens (tertiary/aromatic N) is 2. The number of rotatable bonds is 36. The molecule has 105 heavy (non-hydrogen) atoms. The number of fused-ring (bicyclic) bond motifs is 2. The third-order valence-corrected chi connectivity index (χ3v) is 18.3. The minimum absolute atomic E-state index is 0.0115. The van der Waals surface area contributed by atoms with Gasteiger partial charge < -0.3 is 99.4 Å². The summed E-state index contributed by atoms with van der Waals surface area (Å²) in [6, 6.07) is 10.7. The number of nitrogens with one attached hydrogen (secondary N) is 15. The number of hydrogen-bond donors (Lipinski definition) is 19. The van der Waals surface area contributed by atoms with Crippen LogP contribution in [0.4, 0.5) is 0 Å². The van der Waals surface area contributed by atoms with Gasteiger partial charge in [-0.05, 0) is 110 Å². The molecular formula is C73H92N18O14. The van der Waals surface area contributed by atoms with Gasteiger partial charge in [0.25, 0.3) is 0 Å². The lowest BCUT2D eigenvalue weighted by Gasteiger charge is -2.31. The quantitative estimate of drug-likeness (QED) is 0.0138. The van der Waals surface area contributed by atoms with Gasteiger partial charge in [0.2, 0.25) is 65.0 Å². The van der Waals surface area contributed by atoms with Crippen LogP contribution < -0.4 is 64.2 Å². The minimum atomic E-state index is -1.89. The summed E-state index contributed by atoms with van der Waals surface area (Å²) >= 11 is 0. The molecule has 0 radical (unpaired) electrons. The Morgan fingerprint density at radius 1 is 0.610 bits per heavy atom. The predicted molar refractivity (Wildman–Crippen MR) is 386 cm³/mol. The summed E-state index contributed by atoms with van der Waals surface area (Å²) in [5, 5.41) is 67.8. The zero-order chi connectivity index (χ0) is 76.1. The summed E-state index contributed by atoms with van der Waals surface area (Å²) < 4.78 is 9.70. The van der Waals surface area contributed by atoms with Gasteiger partial charge in [0.15, 0.2) is 7.37 Å². The van der Waals surface area contributed by atoms with E-state index in [1.54, 1.807) is 81.7 Å². The van der Waals surface area contributed by atoms with E-state index in [9.17, 15) is 55.1 Å². The van der Waals surface area contributed by atoms with Crippen LogP contribution in [-0.2, 0) is 84.8 Å². The molecule has 32 nitrogen and oxygen atoms in total. The van der Waals surface area contributed by atoms with E-state index in [1.165, 1.54) is 66.0 Å². The van der Waals surface area contributed by atoms with Crippen LogP contribution in [0.1, 0.15) is 93.7 Å². The molecule has 2 saturated heterocycles. The molecule has 558 valence electrons. The van der Waals surface area contributed by atoms with E-state index in [-0.39, 0.29) is 99.6 Å². The number of nitrogens with two attached hydrogens (primary N) is 1. The van der Waals surface area contributed by atoms with Gasteiger partial charge in [0, 0.05) is 98.6 Å². The Balaban J connectivity index is 0.998. The number of aromatic nitrogens is 4. The van der Waals surface area contributed by atoms with Crippen LogP contribution in [0.2, 0.25) is 1.41 Å². The molecule has 0 aliphatic carbocycles. The molecule has 5 heterocycles. The van der Waals surface area contributed by atoms with Gasteiger partial charge in [-0.1, -0.05) is 74.5 Å². The lowest BCUT2D eigenvalue weighted by molar-refractivity contribution is -0.142. The van der Waals surface area contributed by atoms with Crippen LogP contribution in [-0.4, -0.2) is 198 Å². The number of carbonyl (C=O) groups is 11. The number of carbonyl (C=O) groups excluding carboxylic acids is 11. The number of aliphatic hydroxyl groups excluding tert-OH is 1. The average Bonchev–Trinajstić information content (AvgIpc) is 1.42. The zero-order valence-corrected chi connectivity index (χ0v) is 58.5. The van der Waals surface area contributed by atoms with Crippen molar-refractivity contribution >= 4 is 92.7 Å². The topological polar surface area (TPSA) is 494 Å². The van der Waals surface area contributed by atoms with E-state index in [4.69, 9.17) is 11.1 Å². The highest BCUT2D eigenvalue weighted by molar-refractivity contribution is 6.00. The van der Waals surface area contributed by atoms with Crippen LogP contribution in [0.25, 0.3) is 21.8 Å².